The maximum absolute atomic E-state index is 11.1. The van der Waals surface area contributed by atoms with Gasteiger partial charge in [0.25, 0.3) is 0 Å². The van der Waals surface area contributed by atoms with Crippen molar-refractivity contribution in [2.45, 2.75) is 44.2 Å². The number of aliphatic hydroxyl groups is 2. The molecule has 7 nitrogen and oxygen atoms in total. The van der Waals surface area contributed by atoms with Crippen molar-refractivity contribution in [1.82, 2.24) is 20.0 Å². The number of carbonyl (C=O) groups excluding carboxylic acids is 1. The molecule has 2 aliphatic rings. The van der Waals surface area contributed by atoms with Gasteiger partial charge in [-0.3, -0.25) is 19.5 Å². The number of β-amino-alcohol motifs (C(OH)–C–C–N with tert-alkyl or cyclic N) is 1. The number of amides is 1. The van der Waals surface area contributed by atoms with E-state index in [0.29, 0.717) is 13.1 Å². The Hall–Kier alpha value is -0.730. The van der Waals surface area contributed by atoms with E-state index in [1.165, 1.54) is 19.8 Å². The predicted molar refractivity (Wildman–Crippen MR) is 84.3 cm³/mol. The molecule has 1 unspecified atom stereocenters. The highest BCUT2D eigenvalue weighted by atomic mass is 16.3. The van der Waals surface area contributed by atoms with Crippen LogP contribution >= 0.6 is 0 Å². The van der Waals surface area contributed by atoms with Crippen LogP contribution in [0.25, 0.3) is 0 Å². The molecule has 3 N–H and O–H groups in total. The van der Waals surface area contributed by atoms with Crippen molar-refractivity contribution in [2.24, 2.45) is 0 Å². The number of likely N-dealkylation sites (N-methyl/N-ethyl adjacent to an activating group) is 1. The minimum absolute atomic E-state index is 0.114. The summed E-state index contributed by atoms with van der Waals surface area (Å²) in [6, 6.07) is -0.232. The summed E-state index contributed by atoms with van der Waals surface area (Å²) in [5, 5.41) is 22.9. The topological polar surface area (TPSA) is 79.3 Å². The molecule has 0 radical (unpaired) electrons. The Morgan fingerprint density at radius 3 is 2.50 bits per heavy atom. The first kappa shape index (κ1) is 17.6. The molecule has 1 amide bonds. The Morgan fingerprint density at radius 2 is 1.95 bits per heavy atom. The monoisotopic (exact) mass is 314 g/mol. The summed E-state index contributed by atoms with van der Waals surface area (Å²) >= 11 is 0. The van der Waals surface area contributed by atoms with E-state index < -0.39 is 12.2 Å². The minimum atomic E-state index is -0.812. The highest BCUT2D eigenvalue weighted by molar-refractivity contribution is 5.72. The molecule has 128 valence electrons. The van der Waals surface area contributed by atoms with Crippen LogP contribution in [0.2, 0.25) is 0 Å². The van der Waals surface area contributed by atoms with Gasteiger partial charge >= 0.3 is 0 Å². The molecule has 0 aliphatic carbocycles. The Balaban J connectivity index is 2.01. The molecule has 2 saturated heterocycles. The van der Waals surface area contributed by atoms with Gasteiger partial charge in [-0.1, -0.05) is 0 Å². The number of hydrogen-bond donors (Lipinski definition) is 3. The first-order valence-electron chi connectivity index (χ1n) is 8.15. The first-order chi connectivity index (χ1) is 10.4. The highest BCUT2D eigenvalue weighted by Crippen LogP contribution is 2.21. The number of likely N-dealkylation sites (tertiary alicyclic amines) is 2. The zero-order chi connectivity index (χ0) is 16.3. The normalized spacial score (nSPS) is 31.8. The van der Waals surface area contributed by atoms with E-state index in [9.17, 15) is 15.0 Å². The zero-order valence-corrected chi connectivity index (χ0v) is 13.9. The lowest BCUT2D eigenvalue weighted by Gasteiger charge is -2.37. The Bertz CT molecular complexity index is 374. The van der Waals surface area contributed by atoms with Crippen LogP contribution in [0.4, 0.5) is 0 Å². The van der Waals surface area contributed by atoms with Crippen molar-refractivity contribution >= 4 is 5.91 Å². The smallest absolute Gasteiger partial charge is 0.216 e. The van der Waals surface area contributed by atoms with Gasteiger partial charge in [-0.25, -0.2) is 0 Å². The molecule has 0 bridgehead atoms. The van der Waals surface area contributed by atoms with Crippen LogP contribution < -0.4 is 5.32 Å². The maximum atomic E-state index is 11.1. The van der Waals surface area contributed by atoms with Gasteiger partial charge in [0.15, 0.2) is 0 Å². The lowest BCUT2D eigenvalue weighted by molar-refractivity contribution is -0.119. The summed E-state index contributed by atoms with van der Waals surface area (Å²) in [6.45, 7) is 5.23. The molecular formula is C15H30N4O3. The van der Waals surface area contributed by atoms with E-state index in [2.05, 4.69) is 34.1 Å². The summed E-state index contributed by atoms with van der Waals surface area (Å²) < 4.78 is 0. The minimum Gasteiger partial charge on any atom is -0.389 e. The second kappa shape index (κ2) is 7.70. The molecular weight excluding hydrogens is 284 g/mol. The summed E-state index contributed by atoms with van der Waals surface area (Å²) in [5.41, 5.74) is 0. The lowest BCUT2D eigenvalue weighted by Crippen LogP contribution is -2.54. The van der Waals surface area contributed by atoms with E-state index in [1.54, 1.807) is 0 Å². The second-order valence-electron chi connectivity index (χ2n) is 6.70. The molecule has 2 rings (SSSR count). The van der Waals surface area contributed by atoms with Crippen LogP contribution in [0.5, 0.6) is 0 Å². The van der Waals surface area contributed by atoms with Crippen molar-refractivity contribution in [3.05, 3.63) is 0 Å². The van der Waals surface area contributed by atoms with Crippen molar-refractivity contribution in [1.29, 1.82) is 0 Å². The largest absolute Gasteiger partial charge is 0.389 e. The van der Waals surface area contributed by atoms with Crippen LogP contribution in [0.1, 0.15) is 19.8 Å². The number of carbonyl (C=O) groups is 1. The van der Waals surface area contributed by atoms with E-state index in [4.69, 9.17) is 0 Å². The summed E-state index contributed by atoms with van der Waals surface area (Å²) in [6.07, 6.45) is 1.16. The zero-order valence-electron chi connectivity index (χ0n) is 13.9. The molecule has 2 aliphatic heterocycles. The van der Waals surface area contributed by atoms with Crippen LogP contribution in [0, 0.1) is 0 Å². The number of aliphatic hydroxyl groups excluding tert-OH is 2. The highest BCUT2D eigenvalue weighted by Gasteiger charge is 2.41. The average molecular weight is 314 g/mol. The molecule has 2 heterocycles. The molecule has 22 heavy (non-hydrogen) atoms. The van der Waals surface area contributed by atoms with Gasteiger partial charge in [0.2, 0.25) is 5.91 Å². The fourth-order valence-electron chi connectivity index (χ4n) is 3.52. The molecule has 0 spiro atoms. The molecule has 0 aromatic heterocycles. The quantitative estimate of drug-likeness (QED) is 0.554. The third-order valence-electron chi connectivity index (χ3n) is 4.80. The third kappa shape index (κ3) is 4.17. The molecule has 2 fully saturated rings. The summed E-state index contributed by atoms with van der Waals surface area (Å²) in [4.78, 5) is 17.9. The average Bonchev–Trinajstić information content (AvgIpc) is 3.04. The van der Waals surface area contributed by atoms with Gasteiger partial charge in [-0.05, 0) is 40.0 Å². The van der Waals surface area contributed by atoms with E-state index >= 15 is 0 Å². The van der Waals surface area contributed by atoms with Crippen LogP contribution in [-0.2, 0) is 4.79 Å². The lowest BCUT2D eigenvalue weighted by atomic mass is 10.1. The van der Waals surface area contributed by atoms with Crippen molar-refractivity contribution in [3.8, 4) is 0 Å². The van der Waals surface area contributed by atoms with Crippen molar-refractivity contribution in [2.75, 3.05) is 46.8 Å². The van der Waals surface area contributed by atoms with Crippen LogP contribution in [0.15, 0.2) is 0 Å². The summed E-state index contributed by atoms with van der Waals surface area (Å²) in [7, 11) is 4.13. The van der Waals surface area contributed by atoms with Crippen LogP contribution in [0.3, 0.4) is 0 Å². The van der Waals surface area contributed by atoms with E-state index in [1.807, 2.05) is 0 Å². The van der Waals surface area contributed by atoms with Crippen molar-refractivity contribution in [3.63, 3.8) is 0 Å². The number of hydrogen-bond acceptors (Lipinski definition) is 6. The predicted octanol–water partition coefficient (Wildman–Crippen LogP) is -1.49. The van der Waals surface area contributed by atoms with Crippen molar-refractivity contribution < 1.29 is 15.0 Å². The molecule has 0 aromatic carbocycles. The molecule has 0 aromatic rings. The van der Waals surface area contributed by atoms with E-state index in [-0.39, 0.29) is 18.1 Å². The van der Waals surface area contributed by atoms with E-state index in [0.717, 1.165) is 19.6 Å². The van der Waals surface area contributed by atoms with Gasteiger partial charge in [0.1, 0.15) is 0 Å². The Labute approximate surface area is 132 Å². The van der Waals surface area contributed by atoms with Gasteiger partial charge in [0, 0.05) is 26.6 Å². The summed E-state index contributed by atoms with van der Waals surface area (Å²) in [5.74, 6) is -0.114. The molecule has 7 heteroatoms. The van der Waals surface area contributed by atoms with Crippen LogP contribution in [-0.4, -0.2) is 102 Å². The molecule has 0 saturated carbocycles. The number of nitrogens with one attached hydrogen (secondary N) is 1. The fourth-order valence-corrected chi connectivity index (χ4v) is 3.52. The molecule has 4 atom stereocenters. The number of rotatable bonds is 6. The Morgan fingerprint density at radius 1 is 1.32 bits per heavy atom. The second-order valence-corrected chi connectivity index (χ2v) is 6.70. The van der Waals surface area contributed by atoms with Gasteiger partial charge < -0.3 is 15.5 Å². The third-order valence-corrected chi connectivity index (χ3v) is 4.80. The van der Waals surface area contributed by atoms with Gasteiger partial charge in [-0.15, -0.1) is 0 Å². The standard InChI is InChI=1S/C15H30N4O3/c1-11(20)16-8-12-15(22)13(21)9-19(12)10-14(17(2)3)18-6-4-5-7-18/h12-15,21-22H,4-10H2,1-3H3,(H,16,20)/t12-,13-,14?,15+/m0/s1. The van der Waals surface area contributed by atoms with Gasteiger partial charge in [0.05, 0.1) is 24.4 Å². The first-order valence-corrected chi connectivity index (χ1v) is 8.15. The SMILES string of the molecule is CC(=O)NC[C@H]1[C@@H](O)[C@@H](O)CN1CC(N(C)C)N1CCCC1. The fraction of sp³-hybridized carbons (Fsp3) is 0.933. The van der Waals surface area contributed by atoms with Gasteiger partial charge in [-0.2, -0.15) is 0 Å². The Kier molecular flexibility index (Phi) is 6.17. The maximum Gasteiger partial charge on any atom is 0.216 e. The number of nitrogens with zero attached hydrogens (tertiary/aromatic N) is 3.